The summed E-state index contributed by atoms with van der Waals surface area (Å²) in [6.07, 6.45) is 4.76. The molecule has 0 unspecified atom stereocenters. The zero-order valence-corrected chi connectivity index (χ0v) is 15.7. The molecule has 5 nitrogen and oxygen atoms in total. The van der Waals surface area contributed by atoms with Gasteiger partial charge in [-0.1, -0.05) is 29.3 Å². The lowest BCUT2D eigenvalue weighted by Gasteiger charge is -2.07. The van der Waals surface area contributed by atoms with Gasteiger partial charge in [-0.3, -0.25) is 9.48 Å². The molecule has 0 spiro atoms. The van der Waals surface area contributed by atoms with Crippen molar-refractivity contribution in [3.8, 4) is 5.75 Å². The number of allylic oxidation sites excluding steroid dienone is 1. The monoisotopic (exact) mass is 390 g/mol. The molecular weight excluding hydrogens is 375 g/mol. The van der Waals surface area contributed by atoms with E-state index in [2.05, 4.69) is 5.10 Å². The highest BCUT2D eigenvalue weighted by Gasteiger charge is 2.11. The number of halogens is 2. The van der Waals surface area contributed by atoms with E-state index in [9.17, 15) is 4.79 Å². The number of aryl methyl sites for hydroxylation is 2. The molecule has 0 saturated heterocycles. The van der Waals surface area contributed by atoms with Gasteiger partial charge >= 0.3 is 0 Å². The Bertz CT molecular complexity index is 953. The van der Waals surface area contributed by atoms with Crippen molar-refractivity contribution in [3.05, 3.63) is 75.4 Å². The Morgan fingerprint density at radius 2 is 2.00 bits per heavy atom. The molecule has 0 amide bonds. The SMILES string of the molecule is Cc1nn(C)cc1C(=O)C=Cc1ccc(COc2c(Cl)cccc2Cl)o1. The summed E-state index contributed by atoms with van der Waals surface area (Å²) in [5.41, 5.74) is 1.25. The van der Waals surface area contributed by atoms with E-state index in [4.69, 9.17) is 32.4 Å². The number of hydrogen-bond acceptors (Lipinski definition) is 4. The highest BCUT2D eigenvalue weighted by atomic mass is 35.5. The average molecular weight is 391 g/mol. The Balaban J connectivity index is 1.64. The van der Waals surface area contributed by atoms with E-state index in [1.165, 1.54) is 6.08 Å². The van der Waals surface area contributed by atoms with E-state index in [-0.39, 0.29) is 12.4 Å². The van der Waals surface area contributed by atoms with E-state index in [0.29, 0.717) is 38.6 Å². The first-order valence-electron chi connectivity index (χ1n) is 7.82. The van der Waals surface area contributed by atoms with Crippen molar-refractivity contribution < 1.29 is 13.9 Å². The van der Waals surface area contributed by atoms with Crippen molar-refractivity contribution in [1.29, 1.82) is 0 Å². The Morgan fingerprint density at radius 1 is 1.27 bits per heavy atom. The maximum atomic E-state index is 12.2. The first-order chi connectivity index (χ1) is 12.4. The van der Waals surface area contributed by atoms with Gasteiger partial charge in [0.25, 0.3) is 0 Å². The van der Waals surface area contributed by atoms with Gasteiger partial charge in [-0.25, -0.2) is 0 Å². The summed E-state index contributed by atoms with van der Waals surface area (Å²) in [7, 11) is 1.78. The predicted octanol–water partition coefficient (Wildman–Crippen LogP) is 5.10. The summed E-state index contributed by atoms with van der Waals surface area (Å²) in [5, 5.41) is 5.02. The summed E-state index contributed by atoms with van der Waals surface area (Å²) in [5.74, 6) is 1.41. The fraction of sp³-hybridized carbons (Fsp3) is 0.158. The predicted molar refractivity (Wildman–Crippen MR) is 101 cm³/mol. The molecule has 7 heteroatoms. The third-order valence-corrected chi connectivity index (χ3v) is 4.23. The molecule has 1 aromatic carbocycles. The van der Waals surface area contributed by atoms with Crippen LogP contribution in [0.25, 0.3) is 6.08 Å². The lowest BCUT2D eigenvalue weighted by Crippen LogP contribution is -1.95. The molecule has 0 saturated carbocycles. The van der Waals surface area contributed by atoms with Crippen LogP contribution in [0.3, 0.4) is 0 Å². The van der Waals surface area contributed by atoms with Crippen LogP contribution >= 0.6 is 23.2 Å². The zero-order chi connectivity index (χ0) is 18.7. The second-order valence-electron chi connectivity index (χ2n) is 5.64. The minimum atomic E-state index is -0.132. The van der Waals surface area contributed by atoms with Gasteiger partial charge in [0.15, 0.2) is 11.5 Å². The van der Waals surface area contributed by atoms with Gasteiger partial charge in [0, 0.05) is 13.2 Å². The lowest BCUT2D eigenvalue weighted by molar-refractivity contribution is 0.104. The van der Waals surface area contributed by atoms with Crippen LogP contribution in [-0.4, -0.2) is 15.6 Å². The average Bonchev–Trinajstić information content (AvgIpc) is 3.18. The topological polar surface area (TPSA) is 57.3 Å². The van der Waals surface area contributed by atoms with Gasteiger partial charge in [0.05, 0.1) is 21.3 Å². The molecule has 0 bridgehead atoms. The molecule has 26 heavy (non-hydrogen) atoms. The quantitative estimate of drug-likeness (QED) is 0.433. The molecule has 0 aliphatic rings. The van der Waals surface area contributed by atoms with Crippen LogP contribution in [0, 0.1) is 6.92 Å². The number of carbonyl (C=O) groups excluding carboxylic acids is 1. The highest BCUT2D eigenvalue weighted by Crippen LogP contribution is 2.33. The molecule has 0 atom stereocenters. The van der Waals surface area contributed by atoms with E-state index in [1.807, 2.05) is 0 Å². The number of aromatic nitrogens is 2. The van der Waals surface area contributed by atoms with Gasteiger partial charge in [-0.15, -0.1) is 0 Å². The maximum Gasteiger partial charge on any atom is 0.189 e. The minimum absolute atomic E-state index is 0.132. The molecule has 2 aromatic heterocycles. The van der Waals surface area contributed by atoms with E-state index in [1.54, 1.807) is 61.3 Å². The van der Waals surface area contributed by atoms with Crippen molar-refractivity contribution in [1.82, 2.24) is 9.78 Å². The molecule has 0 aliphatic carbocycles. The number of para-hydroxylation sites is 1. The largest absolute Gasteiger partial charge is 0.483 e. The van der Waals surface area contributed by atoms with Crippen LogP contribution in [0.5, 0.6) is 5.75 Å². The fourth-order valence-electron chi connectivity index (χ4n) is 2.41. The van der Waals surface area contributed by atoms with Crippen molar-refractivity contribution in [2.45, 2.75) is 13.5 Å². The minimum Gasteiger partial charge on any atom is -0.483 e. The lowest BCUT2D eigenvalue weighted by atomic mass is 10.1. The molecule has 3 rings (SSSR count). The van der Waals surface area contributed by atoms with Crippen molar-refractivity contribution in [2.75, 3.05) is 0 Å². The number of benzene rings is 1. The smallest absolute Gasteiger partial charge is 0.189 e. The van der Waals surface area contributed by atoms with Gasteiger partial charge < -0.3 is 9.15 Å². The van der Waals surface area contributed by atoms with Crippen LogP contribution in [-0.2, 0) is 13.7 Å². The Hall–Kier alpha value is -2.50. The van der Waals surface area contributed by atoms with Crippen LogP contribution in [0.2, 0.25) is 10.0 Å². The van der Waals surface area contributed by atoms with E-state index >= 15 is 0 Å². The number of ether oxygens (including phenoxy) is 1. The summed E-state index contributed by atoms with van der Waals surface area (Å²) >= 11 is 12.1. The number of rotatable bonds is 6. The number of carbonyl (C=O) groups is 1. The Kier molecular flexibility index (Phi) is 5.49. The molecule has 0 N–H and O–H groups in total. The summed E-state index contributed by atoms with van der Waals surface area (Å²) in [6.45, 7) is 1.97. The van der Waals surface area contributed by atoms with E-state index < -0.39 is 0 Å². The third kappa shape index (κ3) is 4.18. The van der Waals surface area contributed by atoms with Crippen molar-refractivity contribution in [3.63, 3.8) is 0 Å². The summed E-state index contributed by atoms with van der Waals surface area (Å²) < 4.78 is 12.9. The van der Waals surface area contributed by atoms with Gasteiger partial charge in [-0.05, 0) is 43.3 Å². The molecule has 3 aromatic rings. The van der Waals surface area contributed by atoms with Crippen LogP contribution in [0.1, 0.15) is 27.6 Å². The standard InChI is InChI=1S/C19H16Cl2N2O3/c1-12-15(10-23(2)22-12)18(24)9-8-13-6-7-14(26-13)11-25-19-16(20)4-3-5-17(19)21/h3-10H,11H2,1-2H3. The van der Waals surface area contributed by atoms with Crippen molar-refractivity contribution >= 4 is 35.1 Å². The van der Waals surface area contributed by atoms with Gasteiger partial charge in [0.2, 0.25) is 0 Å². The van der Waals surface area contributed by atoms with Crippen molar-refractivity contribution in [2.24, 2.45) is 7.05 Å². The second kappa shape index (κ2) is 7.81. The van der Waals surface area contributed by atoms with E-state index in [0.717, 1.165) is 0 Å². The van der Waals surface area contributed by atoms with Crippen LogP contribution < -0.4 is 4.74 Å². The number of ketones is 1. The summed E-state index contributed by atoms with van der Waals surface area (Å²) in [6, 6.07) is 8.67. The normalized spacial score (nSPS) is 11.2. The zero-order valence-electron chi connectivity index (χ0n) is 14.2. The molecule has 0 aliphatic heterocycles. The van der Waals surface area contributed by atoms with Crippen LogP contribution in [0.15, 0.2) is 47.0 Å². The molecule has 2 heterocycles. The van der Waals surface area contributed by atoms with Gasteiger partial charge in [0.1, 0.15) is 18.1 Å². The third-order valence-electron chi connectivity index (χ3n) is 3.64. The number of nitrogens with zero attached hydrogens (tertiary/aromatic N) is 2. The number of furan rings is 1. The highest BCUT2D eigenvalue weighted by molar-refractivity contribution is 6.37. The first kappa shape index (κ1) is 18.3. The van der Waals surface area contributed by atoms with Crippen LogP contribution in [0.4, 0.5) is 0 Å². The Morgan fingerprint density at radius 3 is 2.65 bits per heavy atom. The molecule has 134 valence electrons. The second-order valence-corrected chi connectivity index (χ2v) is 6.46. The molecule has 0 fully saturated rings. The fourth-order valence-corrected chi connectivity index (χ4v) is 2.92. The molecular formula is C19H16Cl2N2O3. The Labute approximate surface area is 160 Å². The van der Waals surface area contributed by atoms with Gasteiger partial charge in [-0.2, -0.15) is 5.10 Å². The first-order valence-corrected chi connectivity index (χ1v) is 8.58. The maximum absolute atomic E-state index is 12.2. The molecule has 0 radical (unpaired) electrons. The number of hydrogen-bond donors (Lipinski definition) is 0. The summed E-state index contributed by atoms with van der Waals surface area (Å²) in [4.78, 5) is 12.2.